The zero-order chi connectivity index (χ0) is 16.8. The number of carbonyl (C=O) groups is 1. The summed E-state index contributed by atoms with van der Waals surface area (Å²) in [6.45, 7) is 2.26. The minimum atomic E-state index is -0.302. The summed E-state index contributed by atoms with van der Waals surface area (Å²) in [4.78, 5) is 15.2. The van der Waals surface area contributed by atoms with Crippen LogP contribution in [0.25, 0.3) is 11.1 Å². The van der Waals surface area contributed by atoms with E-state index in [1.54, 1.807) is 24.5 Å². The number of benzene rings is 1. The van der Waals surface area contributed by atoms with Gasteiger partial charge in [0.2, 0.25) is 0 Å². The van der Waals surface area contributed by atoms with E-state index in [9.17, 15) is 9.18 Å². The van der Waals surface area contributed by atoms with Crippen LogP contribution in [0.5, 0.6) is 0 Å². The van der Waals surface area contributed by atoms with Gasteiger partial charge in [-0.25, -0.2) is 4.39 Å². The van der Waals surface area contributed by atoms with Gasteiger partial charge in [-0.05, 0) is 30.5 Å². The van der Waals surface area contributed by atoms with Crippen LogP contribution in [-0.4, -0.2) is 43.4 Å². The third-order valence-corrected chi connectivity index (χ3v) is 4.01. The molecule has 2 heterocycles. The molecule has 1 aromatic heterocycles. The molecule has 0 unspecified atom stereocenters. The third kappa shape index (κ3) is 4.21. The summed E-state index contributed by atoms with van der Waals surface area (Å²) in [6.07, 6.45) is 5.69. The first-order chi connectivity index (χ1) is 11.7. The second-order valence-electron chi connectivity index (χ2n) is 5.76. The molecule has 0 radical (unpaired) electrons. The van der Waals surface area contributed by atoms with Crippen molar-refractivity contribution in [2.45, 2.75) is 18.9 Å². The predicted molar refractivity (Wildman–Crippen MR) is 88.3 cm³/mol. The van der Waals surface area contributed by atoms with Gasteiger partial charge in [0.25, 0.3) is 5.91 Å². The van der Waals surface area contributed by atoms with Crippen LogP contribution < -0.4 is 5.32 Å². The number of H-pyrrole nitrogens is 1. The second kappa shape index (κ2) is 8.08. The lowest BCUT2D eigenvalue weighted by molar-refractivity contribution is 0.0183. The molecule has 0 aliphatic carbocycles. The molecule has 2 N–H and O–H groups in total. The molecule has 1 saturated heterocycles. The number of ether oxygens (including phenoxy) is 2. The first kappa shape index (κ1) is 16.7. The molecule has 1 aromatic carbocycles. The van der Waals surface area contributed by atoms with Crippen molar-refractivity contribution in [3.8, 4) is 11.1 Å². The number of hydrogen-bond donors (Lipinski definition) is 2. The zero-order valence-corrected chi connectivity index (χ0v) is 13.4. The molecule has 0 bridgehead atoms. The monoisotopic (exact) mass is 332 g/mol. The van der Waals surface area contributed by atoms with Crippen LogP contribution in [0.15, 0.2) is 36.7 Å². The van der Waals surface area contributed by atoms with Crippen LogP contribution in [0, 0.1) is 5.82 Å². The maximum absolute atomic E-state index is 13.0. The number of amides is 1. The van der Waals surface area contributed by atoms with E-state index >= 15 is 0 Å². The Balaban J connectivity index is 1.48. The largest absolute Gasteiger partial charge is 0.377 e. The van der Waals surface area contributed by atoms with E-state index in [1.165, 1.54) is 12.1 Å². The maximum atomic E-state index is 13.0. The highest BCUT2D eigenvalue weighted by atomic mass is 19.1. The quantitative estimate of drug-likeness (QED) is 0.766. The highest BCUT2D eigenvalue weighted by Crippen LogP contribution is 2.23. The molecule has 3 rings (SSSR count). The second-order valence-corrected chi connectivity index (χ2v) is 5.76. The van der Waals surface area contributed by atoms with Crippen molar-refractivity contribution in [2.24, 2.45) is 0 Å². The van der Waals surface area contributed by atoms with Gasteiger partial charge in [-0.2, -0.15) is 0 Å². The van der Waals surface area contributed by atoms with Crippen LogP contribution >= 0.6 is 0 Å². The van der Waals surface area contributed by atoms with E-state index in [4.69, 9.17) is 9.47 Å². The molecule has 128 valence electrons. The predicted octanol–water partition coefficient (Wildman–Crippen LogP) is 2.75. The average molecular weight is 332 g/mol. The summed E-state index contributed by atoms with van der Waals surface area (Å²) >= 11 is 0. The summed E-state index contributed by atoms with van der Waals surface area (Å²) in [5, 5.41) is 2.83. The summed E-state index contributed by atoms with van der Waals surface area (Å²) in [5.74, 6) is -0.486. The molecule has 0 spiro atoms. The van der Waals surface area contributed by atoms with Crippen molar-refractivity contribution >= 4 is 5.91 Å². The SMILES string of the molecule is O=C(NCCOC[C@@H]1CCCO1)c1c[nH]cc1-c1ccc(F)cc1. The van der Waals surface area contributed by atoms with Gasteiger partial charge >= 0.3 is 0 Å². The standard InChI is InChI=1S/C18H21FN2O3/c19-14-5-3-13(4-6-14)16-10-20-11-17(16)18(22)21-7-9-23-12-15-2-1-8-24-15/h3-6,10-11,15,20H,1-2,7-9,12H2,(H,21,22)/t15-/m0/s1. The van der Waals surface area contributed by atoms with Gasteiger partial charge < -0.3 is 19.8 Å². The van der Waals surface area contributed by atoms with E-state index < -0.39 is 0 Å². The van der Waals surface area contributed by atoms with Gasteiger partial charge in [-0.3, -0.25) is 4.79 Å². The number of aromatic nitrogens is 1. The summed E-state index contributed by atoms with van der Waals surface area (Å²) in [5.41, 5.74) is 2.06. The number of nitrogens with one attached hydrogen (secondary N) is 2. The van der Waals surface area contributed by atoms with E-state index in [-0.39, 0.29) is 17.8 Å². The van der Waals surface area contributed by atoms with E-state index in [0.29, 0.717) is 25.3 Å². The van der Waals surface area contributed by atoms with Gasteiger partial charge in [-0.1, -0.05) is 12.1 Å². The van der Waals surface area contributed by atoms with Crippen LogP contribution in [0.2, 0.25) is 0 Å². The molecule has 0 saturated carbocycles. The molecule has 1 fully saturated rings. The summed E-state index contributed by atoms with van der Waals surface area (Å²) in [6, 6.07) is 6.06. The Morgan fingerprint density at radius 2 is 2.17 bits per heavy atom. The first-order valence-electron chi connectivity index (χ1n) is 8.14. The summed E-state index contributed by atoms with van der Waals surface area (Å²) in [7, 11) is 0. The fourth-order valence-electron chi connectivity index (χ4n) is 2.74. The number of carbonyl (C=O) groups excluding carboxylic acids is 1. The van der Waals surface area contributed by atoms with Gasteiger partial charge in [0.15, 0.2) is 0 Å². The minimum absolute atomic E-state index is 0.184. The van der Waals surface area contributed by atoms with Crippen molar-refractivity contribution in [3.63, 3.8) is 0 Å². The molecule has 6 heteroatoms. The molecule has 5 nitrogen and oxygen atoms in total. The molecule has 1 aliphatic rings. The molecular weight excluding hydrogens is 311 g/mol. The minimum Gasteiger partial charge on any atom is -0.377 e. The average Bonchev–Trinajstić information content (AvgIpc) is 3.26. The van der Waals surface area contributed by atoms with Crippen molar-refractivity contribution in [1.29, 1.82) is 0 Å². The fraction of sp³-hybridized carbons (Fsp3) is 0.389. The van der Waals surface area contributed by atoms with Gasteiger partial charge in [0.05, 0.1) is 24.9 Å². The highest BCUT2D eigenvalue weighted by Gasteiger charge is 2.16. The Morgan fingerprint density at radius 3 is 2.92 bits per heavy atom. The number of aromatic amines is 1. The number of rotatable bonds is 7. The third-order valence-electron chi connectivity index (χ3n) is 4.01. The number of hydrogen-bond acceptors (Lipinski definition) is 3. The topological polar surface area (TPSA) is 63.4 Å². The molecule has 1 amide bonds. The van der Waals surface area contributed by atoms with Crippen molar-refractivity contribution in [2.75, 3.05) is 26.4 Å². The zero-order valence-electron chi connectivity index (χ0n) is 13.4. The van der Waals surface area contributed by atoms with Gasteiger partial charge in [0.1, 0.15) is 5.82 Å². The fourth-order valence-corrected chi connectivity index (χ4v) is 2.74. The van der Waals surface area contributed by atoms with Gasteiger partial charge in [0, 0.05) is 31.1 Å². The van der Waals surface area contributed by atoms with E-state index in [2.05, 4.69) is 10.3 Å². The molecule has 2 aromatic rings. The molecular formula is C18H21FN2O3. The maximum Gasteiger partial charge on any atom is 0.253 e. The Hall–Kier alpha value is -2.18. The Kier molecular flexibility index (Phi) is 5.61. The van der Waals surface area contributed by atoms with Crippen LogP contribution in [0.3, 0.4) is 0 Å². The van der Waals surface area contributed by atoms with Crippen LogP contribution in [-0.2, 0) is 9.47 Å². The number of halogens is 1. The molecule has 1 aliphatic heterocycles. The Morgan fingerprint density at radius 1 is 1.33 bits per heavy atom. The van der Waals surface area contributed by atoms with Crippen molar-refractivity contribution in [1.82, 2.24) is 10.3 Å². The summed E-state index contributed by atoms with van der Waals surface area (Å²) < 4.78 is 24.0. The van der Waals surface area contributed by atoms with Crippen LogP contribution in [0.1, 0.15) is 23.2 Å². The lowest BCUT2D eigenvalue weighted by Crippen LogP contribution is -2.28. The smallest absolute Gasteiger partial charge is 0.253 e. The van der Waals surface area contributed by atoms with Gasteiger partial charge in [-0.15, -0.1) is 0 Å². The van der Waals surface area contributed by atoms with E-state index in [0.717, 1.165) is 30.6 Å². The van der Waals surface area contributed by atoms with Crippen LogP contribution in [0.4, 0.5) is 4.39 Å². The Labute approximate surface area is 140 Å². The van der Waals surface area contributed by atoms with E-state index in [1.807, 2.05) is 0 Å². The highest BCUT2D eigenvalue weighted by molar-refractivity contribution is 6.00. The van der Waals surface area contributed by atoms with Crippen molar-refractivity contribution in [3.05, 3.63) is 48.0 Å². The molecule has 1 atom stereocenters. The molecule has 24 heavy (non-hydrogen) atoms. The normalized spacial score (nSPS) is 17.1. The first-order valence-corrected chi connectivity index (χ1v) is 8.14. The lowest BCUT2D eigenvalue weighted by atomic mass is 10.0. The lowest BCUT2D eigenvalue weighted by Gasteiger charge is -2.10. The van der Waals surface area contributed by atoms with Crippen molar-refractivity contribution < 1.29 is 18.7 Å². The Bertz CT molecular complexity index is 663.